The smallest absolute Gasteiger partial charge is 0 e. The van der Waals surface area contributed by atoms with Crippen LogP contribution >= 0.6 is 0 Å². The third kappa shape index (κ3) is 8.05. The van der Waals surface area contributed by atoms with E-state index in [1.54, 1.807) is 6.07 Å². The van der Waals surface area contributed by atoms with E-state index in [0.717, 1.165) is 22.5 Å². The molecule has 1 radical (unpaired) electrons. The molecule has 0 fully saturated rings. The van der Waals surface area contributed by atoms with Gasteiger partial charge < -0.3 is 4.98 Å². The first-order valence-electron chi connectivity index (χ1n) is 12.8. The predicted octanol–water partition coefficient (Wildman–Crippen LogP) is 8.11. The molecule has 0 atom stereocenters. The molecule has 5 heteroatoms. The van der Waals surface area contributed by atoms with E-state index in [1.165, 1.54) is 27.7 Å². The van der Waals surface area contributed by atoms with Gasteiger partial charge in [0.05, 0.1) is 0 Å². The Balaban J connectivity index is 0.000000215. The van der Waals surface area contributed by atoms with Crippen molar-refractivity contribution in [1.82, 2.24) is 9.97 Å². The van der Waals surface area contributed by atoms with Crippen LogP contribution in [0.2, 0.25) is 17.3 Å². The largest absolute Gasteiger partial charge is 0 e. The van der Waals surface area contributed by atoms with Crippen molar-refractivity contribution in [1.29, 1.82) is 0 Å². The van der Waals surface area contributed by atoms with E-state index in [1.807, 2.05) is 42.7 Å². The number of pyridine rings is 2. The van der Waals surface area contributed by atoms with Crippen molar-refractivity contribution in [3.8, 4) is 22.5 Å². The Bertz CT molecular complexity index is 1450. The molecular weight excluding hydrogens is 720 g/mol. The van der Waals surface area contributed by atoms with Crippen molar-refractivity contribution in [3.05, 3.63) is 139 Å². The van der Waals surface area contributed by atoms with Crippen molar-refractivity contribution in [2.75, 3.05) is 0 Å². The minimum absolute atomic E-state index is 0. The van der Waals surface area contributed by atoms with Crippen molar-refractivity contribution in [3.63, 3.8) is 0 Å². The Morgan fingerprint density at radius 3 is 2.03 bits per heavy atom. The minimum Gasteiger partial charge on any atom is 0 e. The van der Waals surface area contributed by atoms with Crippen LogP contribution in [-0.4, -0.2) is 23.2 Å². The first-order chi connectivity index (χ1) is 18.1. The van der Waals surface area contributed by atoms with Gasteiger partial charge in [0, 0.05) is 31.7 Å². The fourth-order valence-electron chi connectivity index (χ4n) is 4.10. The Kier molecular flexibility index (Phi) is 10.5. The maximum atomic E-state index is 12.8. The monoisotopic (exact) mass is 755 g/mol. The third-order valence-electron chi connectivity index (χ3n) is 6.64. The van der Waals surface area contributed by atoms with Crippen molar-refractivity contribution in [2.45, 2.75) is 36.5 Å². The van der Waals surface area contributed by atoms with Gasteiger partial charge in [0.25, 0.3) is 0 Å². The normalized spacial score (nSPS) is 11.1. The van der Waals surface area contributed by atoms with Crippen LogP contribution in [0.1, 0.15) is 25.0 Å². The molecule has 5 aromatic rings. The summed E-state index contributed by atoms with van der Waals surface area (Å²) in [5, 5.41) is 0. The third-order valence-corrected chi connectivity index (χ3v) is 10.9. The average Bonchev–Trinajstić information content (AvgIpc) is 2.94. The second-order valence-electron chi connectivity index (χ2n) is 10.8. The zero-order chi connectivity index (χ0) is 27.2. The molecule has 201 valence electrons. The second-order valence-corrected chi connectivity index (χ2v) is 21.5. The number of hydrogen-bond donors (Lipinski definition) is 0. The molecule has 0 saturated heterocycles. The van der Waals surface area contributed by atoms with Gasteiger partial charge in [-0.25, -0.2) is 0 Å². The summed E-state index contributed by atoms with van der Waals surface area (Å²) >= 11 is -1.79. The van der Waals surface area contributed by atoms with Gasteiger partial charge in [0.2, 0.25) is 0 Å². The van der Waals surface area contributed by atoms with Crippen LogP contribution in [0, 0.1) is 17.9 Å². The van der Waals surface area contributed by atoms with Gasteiger partial charge in [-0.2, -0.15) is 0 Å². The van der Waals surface area contributed by atoms with Crippen molar-refractivity contribution < 1.29 is 24.5 Å². The van der Waals surface area contributed by atoms with Gasteiger partial charge >= 0.3 is 104 Å². The van der Waals surface area contributed by atoms with Gasteiger partial charge in [-0.1, -0.05) is 50.2 Å². The molecule has 2 aromatic heterocycles. The summed E-state index contributed by atoms with van der Waals surface area (Å²) in [6, 6.07) is 37.5. The van der Waals surface area contributed by atoms with E-state index in [4.69, 9.17) is 0 Å². The molecular formula is C34H33FGeIrN2-2. The van der Waals surface area contributed by atoms with Gasteiger partial charge in [-0.3, -0.25) is 0 Å². The second kappa shape index (κ2) is 13.4. The molecule has 0 aliphatic rings. The number of benzene rings is 3. The molecule has 39 heavy (non-hydrogen) atoms. The fourth-order valence-corrected chi connectivity index (χ4v) is 6.27. The van der Waals surface area contributed by atoms with Crippen LogP contribution < -0.4 is 4.40 Å². The van der Waals surface area contributed by atoms with Crippen LogP contribution in [0.3, 0.4) is 0 Å². The van der Waals surface area contributed by atoms with E-state index in [0.29, 0.717) is 0 Å². The number of aromatic nitrogens is 2. The molecule has 0 saturated carbocycles. The number of halogens is 1. The first-order valence-corrected chi connectivity index (χ1v) is 20.1. The zero-order valence-corrected chi connectivity index (χ0v) is 27.5. The summed E-state index contributed by atoms with van der Waals surface area (Å²) in [6.45, 7) is 4.49. The number of rotatable bonds is 5. The van der Waals surface area contributed by atoms with Crippen LogP contribution in [0.15, 0.2) is 109 Å². The zero-order valence-electron chi connectivity index (χ0n) is 23.0. The van der Waals surface area contributed by atoms with E-state index >= 15 is 0 Å². The maximum Gasteiger partial charge on any atom is 0 e. The summed E-state index contributed by atoms with van der Waals surface area (Å²) < 4.78 is 14.1. The Morgan fingerprint density at radius 2 is 1.44 bits per heavy atom. The van der Waals surface area contributed by atoms with E-state index in [9.17, 15) is 4.39 Å². The molecule has 0 spiro atoms. The maximum absolute atomic E-state index is 12.8. The summed E-state index contributed by atoms with van der Waals surface area (Å²) in [5.74, 6) is 6.73. The molecule has 0 N–H and O–H groups in total. The van der Waals surface area contributed by atoms with Crippen molar-refractivity contribution in [2.24, 2.45) is 0 Å². The Hall–Kier alpha value is -2.92. The molecule has 2 nitrogen and oxygen atoms in total. The van der Waals surface area contributed by atoms with Gasteiger partial charge in [-0.15, -0.1) is 35.9 Å². The Labute approximate surface area is 248 Å². The SMILES string of the molecule is CC(C)(c1ccccc1)c1ccnc(-c2[c-]cccc2)c1.[CH3][Ge]([CH3])([CH3])[c]1ccc(-c2[c-]cc(F)cc2)nc1.[Ir]. The molecule has 0 aliphatic carbocycles. The minimum atomic E-state index is -1.79. The standard InChI is InChI=1S/C20H18N.C14H15FGeN.Ir/c1-20(2,17-11-7-4-8-12-17)18-13-14-21-19(15-18)16-9-5-3-6-10-16;1-16(2,3)13-8-9-14(17-10-13)11-4-6-12(15)7-5-11;/h3-9,11-15H,1-2H3;4,6-10H,1-3H3;/q2*-1;. The average molecular weight is 753 g/mol. The fraction of sp³-hybridized carbons (Fsp3) is 0.176. The topological polar surface area (TPSA) is 25.8 Å². The van der Waals surface area contributed by atoms with Crippen LogP contribution in [0.25, 0.3) is 22.5 Å². The van der Waals surface area contributed by atoms with E-state index < -0.39 is 13.3 Å². The van der Waals surface area contributed by atoms with E-state index in [2.05, 4.69) is 102 Å². The molecule has 5 rings (SSSR count). The summed E-state index contributed by atoms with van der Waals surface area (Å²) in [5.41, 5.74) is 6.20. The van der Waals surface area contributed by atoms with Crippen LogP contribution in [-0.2, 0) is 25.5 Å². The molecule has 2 heterocycles. The molecule has 0 amide bonds. The predicted molar refractivity (Wildman–Crippen MR) is 159 cm³/mol. The molecule has 3 aromatic carbocycles. The number of nitrogens with zero attached hydrogens (tertiary/aromatic N) is 2. The summed E-state index contributed by atoms with van der Waals surface area (Å²) in [7, 11) is 0. The Morgan fingerprint density at radius 1 is 0.718 bits per heavy atom. The molecule has 0 aliphatic heterocycles. The number of hydrogen-bond acceptors (Lipinski definition) is 2. The molecule has 0 bridgehead atoms. The quantitative estimate of drug-likeness (QED) is 0.134. The van der Waals surface area contributed by atoms with Crippen molar-refractivity contribution >= 4 is 17.7 Å². The van der Waals surface area contributed by atoms with Gasteiger partial charge in [0.15, 0.2) is 0 Å². The van der Waals surface area contributed by atoms with Crippen LogP contribution in [0.5, 0.6) is 0 Å². The summed E-state index contributed by atoms with van der Waals surface area (Å²) in [4.78, 5) is 8.92. The molecule has 0 unspecified atom stereocenters. The van der Waals surface area contributed by atoms with Gasteiger partial charge in [-0.05, 0) is 22.9 Å². The van der Waals surface area contributed by atoms with Crippen LogP contribution in [0.4, 0.5) is 4.39 Å². The van der Waals surface area contributed by atoms with Gasteiger partial charge in [0.1, 0.15) is 0 Å². The summed E-state index contributed by atoms with van der Waals surface area (Å²) in [6.07, 6.45) is 3.84. The van der Waals surface area contributed by atoms with E-state index in [-0.39, 0.29) is 31.3 Å². The first kappa shape index (κ1) is 30.6.